The lowest BCUT2D eigenvalue weighted by atomic mass is 9.76. The van der Waals surface area contributed by atoms with Crippen LogP contribution in [-0.2, 0) is 26.2 Å². The molecule has 1 saturated carbocycles. The van der Waals surface area contributed by atoms with Gasteiger partial charge in [0.15, 0.2) is 0 Å². The number of fused-ring (bicyclic) bond motifs is 2. The van der Waals surface area contributed by atoms with E-state index in [1.54, 1.807) is 12.3 Å². The molecule has 3 amide bonds. The maximum atomic E-state index is 13.5. The molecule has 2 aromatic heterocycles. The summed E-state index contributed by atoms with van der Waals surface area (Å²) in [6.45, 7) is 5.16. The van der Waals surface area contributed by atoms with Crippen LogP contribution in [0.3, 0.4) is 0 Å². The lowest BCUT2D eigenvalue weighted by Crippen LogP contribution is -2.49. The van der Waals surface area contributed by atoms with Gasteiger partial charge in [-0.1, -0.05) is 31.8 Å². The second kappa shape index (κ2) is 10.0. The van der Waals surface area contributed by atoms with Crippen molar-refractivity contribution in [1.82, 2.24) is 15.5 Å². The molecular formula is C26H33N5O5. The van der Waals surface area contributed by atoms with Gasteiger partial charge in [0.1, 0.15) is 23.7 Å². The average molecular weight is 496 g/mol. The Morgan fingerprint density at radius 3 is 2.69 bits per heavy atom. The lowest BCUT2D eigenvalue weighted by molar-refractivity contribution is -0.124. The number of hydrogen-bond donors (Lipinski definition) is 3. The minimum absolute atomic E-state index is 0.00900. The van der Waals surface area contributed by atoms with E-state index in [1.165, 1.54) is 6.26 Å². The predicted molar refractivity (Wildman–Crippen MR) is 131 cm³/mol. The van der Waals surface area contributed by atoms with Crippen molar-refractivity contribution in [2.24, 2.45) is 11.8 Å². The summed E-state index contributed by atoms with van der Waals surface area (Å²) < 4.78 is 10.4. The van der Waals surface area contributed by atoms with Crippen LogP contribution in [0.15, 0.2) is 23.0 Å². The normalized spacial score (nSPS) is 23.6. The van der Waals surface area contributed by atoms with E-state index >= 15 is 0 Å². The first-order valence-corrected chi connectivity index (χ1v) is 12.9. The molecule has 5 rings (SSSR count). The van der Waals surface area contributed by atoms with E-state index in [2.05, 4.69) is 33.0 Å². The zero-order valence-corrected chi connectivity index (χ0v) is 20.8. The molecule has 0 aromatic carbocycles. The maximum Gasteiger partial charge on any atom is 0.257 e. The third kappa shape index (κ3) is 4.50. The third-order valence-electron chi connectivity index (χ3n) is 8.02. The van der Waals surface area contributed by atoms with Crippen LogP contribution in [0, 0.1) is 11.8 Å². The molecule has 2 aliphatic heterocycles. The molecule has 2 aromatic rings. The second-order valence-corrected chi connectivity index (χ2v) is 10.3. The van der Waals surface area contributed by atoms with Crippen molar-refractivity contribution in [1.29, 1.82) is 0 Å². The summed E-state index contributed by atoms with van der Waals surface area (Å²) >= 11 is 0. The van der Waals surface area contributed by atoms with Crippen LogP contribution in [-0.4, -0.2) is 47.1 Å². The number of rotatable bonds is 6. The summed E-state index contributed by atoms with van der Waals surface area (Å²) in [5.74, 6) is 0.205. The summed E-state index contributed by atoms with van der Waals surface area (Å²) in [5, 5.41) is 12.7. The van der Waals surface area contributed by atoms with Crippen LogP contribution >= 0.6 is 0 Å². The molecule has 3 N–H and O–H groups in total. The molecular weight excluding hydrogens is 462 g/mol. The fourth-order valence-electron chi connectivity index (χ4n) is 5.73. The van der Waals surface area contributed by atoms with Gasteiger partial charge in [0, 0.05) is 31.0 Å². The maximum absolute atomic E-state index is 13.5. The summed E-state index contributed by atoms with van der Waals surface area (Å²) in [6.07, 6.45) is 8.47. The van der Waals surface area contributed by atoms with Crippen LogP contribution in [0.4, 0.5) is 11.5 Å². The highest BCUT2D eigenvalue weighted by molar-refractivity contribution is 6.07. The predicted octanol–water partition coefficient (Wildman–Crippen LogP) is 3.20. The van der Waals surface area contributed by atoms with Crippen LogP contribution in [0.2, 0.25) is 0 Å². The number of carbonyl (C=O) groups excluding carboxylic acids is 3. The quantitative estimate of drug-likeness (QED) is 0.560. The molecule has 36 heavy (non-hydrogen) atoms. The summed E-state index contributed by atoms with van der Waals surface area (Å²) in [7, 11) is 0. The second-order valence-electron chi connectivity index (χ2n) is 10.3. The fourth-order valence-corrected chi connectivity index (χ4v) is 5.73. The van der Waals surface area contributed by atoms with Gasteiger partial charge >= 0.3 is 0 Å². The van der Waals surface area contributed by atoms with Crippen molar-refractivity contribution in [3.05, 3.63) is 35.3 Å². The Hall–Kier alpha value is -3.27. The van der Waals surface area contributed by atoms with E-state index in [0.29, 0.717) is 61.2 Å². The number of anilines is 2. The highest BCUT2D eigenvalue weighted by Crippen LogP contribution is 2.44. The standard InChI is InChI=1S/C26H33N5O5/c1-3-19-17(14-36-31-19)23(32)30-22(16-6-4-15(2)5-7-16)24(33)29-21-12-20-18(13-27-21)26(25(34)28-20)8-10-35-11-9-26/h12-16,22H,3-11H2,1-2H3,(H,28,34)(H,30,32)(H,27,29,33)/t15-,16-,22-/m0/s1. The highest BCUT2D eigenvalue weighted by atomic mass is 16.5. The molecule has 10 heteroatoms. The van der Waals surface area contributed by atoms with Crippen molar-refractivity contribution < 1.29 is 23.6 Å². The van der Waals surface area contributed by atoms with E-state index in [-0.39, 0.29) is 23.6 Å². The van der Waals surface area contributed by atoms with E-state index in [4.69, 9.17) is 9.26 Å². The SMILES string of the molecule is CCc1nocc1C(=O)N[C@H](C(=O)Nc1cc2c(cn1)C1(CCOCC1)C(=O)N2)[C@H]1CC[C@H](C)CC1. The van der Waals surface area contributed by atoms with Crippen LogP contribution in [0.25, 0.3) is 0 Å². The van der Waals surface area contributed by atoms with Crippen molar-refractivity contribution in [3.8, 4) is 0 Å². The van der Waals surface area contributed by atoms with E-state index in [1.807, 2.05) is 6.92 Å². The number of aryl methyl sites for hydroxylation is 1. The van der Waals surface area contributed by atoms with Crippen LogP contribution < -0.4 is 16.0 Å². The molecule has 1 saturated heterocycles. The highest BCUT2D eigenvalue weighted by Gasteiger charge is 2.48. The molecule has 192 valence electrons. The topological polar surface area (TPSA) is 135 Å². The lowest BCUT2D eigenvalue weighted by Gasteiger charge is -2.32. The van der Waals surface area contributed by atoms with Gasteiger partial charge < -0.3 is 25.2 Å². The number of carbonyl (C=O) groups is 3. The molecule has 10 nitrogen and oxygen atoms in total. The number of ether oxygens (including phenoxy) is 1. The van der Waals surface area contributed by atoms with Gasteiger partial charge in [0.2, 0.25) is 11.8 Å². The zero-order valence-electron chi connectivity index (χ0n) is 20.8. The molecule has 1 aliphatic carbocycles. The van der Waals surface area contributed by atoms with Gasteiger partial charge in [-0.25, -0.2) is 4.98 Å². The molecule has 0 radical (unpaired) electrons. The van der Waals surface area contributed by atoms with E-state index in [9.17, 15) is 14.4 Å². The van der Waals surface area contributed by atoms with Crippen LogP contribution in [0.1, 0.15) is 74.0 Å². The molecule has 2 fully saturated rings. The monoisotopic (exact) mass is 495 g/mol. The minimum Gasteiger partial charge on any atom is -0.381 e. The minimum atomic E-state index is -0.726. The molecule has 4 heterocycles. The Morgan fingerprint density at radius 2 is 1.97 bits per heavy atom. The number of amides is 3. The first-order chi connectivity index (χ1) is 17.4. The van der Waals surface area contributed by atoms with Gasteiger partial charge in [-0.15, -0.1) is 0 Å². The molecule has 0 bridgehead atoms. The van der Waals surface area contributed by atoms with Gasteiger partial charge in [0.05, 0.1) is 16.8 Å². The molecule has 1 spiro atoms. The Bertz CT molecular complexity index is 1150. The van der Waals surface area contributed by atoms with Gasteiger partial charge in [0.25, 0.3) is 5.91 Å². The van der Waals surface area contributed by atoms with Crippen molar-refractivity contribution >= 4 is 29.2 Å². The van der Waals surface area contributed by atoms with Crippen molar-refractivity contribution in [2.75, 3.05) is 23.8 Å². The Labute approximate surface area is 209 Å². The fraction of sp³-hybridized carbons (Fsp3) is 0.577. The summed E-state index contributed by atoms with van der Waals surface area (Å²) in [6, 6.07) is 0.975. The van der Waals surface area contributed by atoms with Gasteiger partial charge in [-0.3, -0.25) is 14.4 Å². The first kappa shape index (κ1) is 24.4. The van der Waals surface area contributed by atoms with Crippen molar-refractivity contribution in [3.63, 3.8) is 0 Å². The smallest absolute Gasteiger partial charge is 0.257 e. The number of nitrogens with zero attached hydrogens (tertiary/aromatic N) is 2. The Kier molecular flexibility index (Phi) is 6.79. The zero-order chi connectivity index (χ0) is 25.3. The third-order valence-corrected chi connectivity index (χ3v) is 8.02. The van der Waals surface area contributed by atoms with Crippen molar-refractivity contribution in [2.45, 2.75) is 70.3 Å². The Morgan fingerprint density at radius 1 is 1.22 bits per heavy atom. The Balaban J connectivity index is 1.35. The molecule has 3 aliphatic rings. The molecule has 0 unspecified atom stereocenters. The van der Waals surface area contributed by atoms with E-state index in [0.717, 1.165) is 31.2 Å². The van der Waals surface area contributed by atoms with Crippen LogP contribution in [0.5, 0.6) is 0 Å². The molecule has 1 atom stereocenters. The first-order valence-electron chi connectivity index (χ1n) is 12.9. The largest absolute Gasteiger partial charge is 0.381 e. The van der Waals surface area contributed by atoms with Gasteiger partial charge in [-0.2, -0.15) is 0 Å². The van der Waals surface area contributed by atoms with E-state index < -0.39 is 11.5 Å². The number of pyridine rings is 1. The number of hydrogen-bond acceptors (Lipinski definition) is 7. The van der Waals surface area contributed by atoms with Gasteiger partial charge in [-0.05, 0) is 43.9 Å². The number of aromatic nitrogens is 2. The summed E-state index contributed by atoms with van der Waals surface area (Å²) in [4.78, 5) is 43.9. The average Bonchev–Trinajstić information content (AvgIpc) is 3.46. The number of nitrogens with one attached hydrogen (secondary N) is 3. The summed E-state index contributed by atoms with van der Waals surface area (Å²) in [5.41, 5.74) is 1.80.